The van der Waals surface area contributed by atoms with Crippen molar-refractivity contribution in [2.24, 2.45) is 0 Å². The van der Waals surface area contributed by atoms with E-state index in [2.05, 4.69) is 25.9 Å². The minimum atomic E-state index is -0.631. The third-order valence-electron chi connectivity index (χ3n) is 4.84. The van der Waals surface area contributed by atoms with Crippen LogP contribution in [0.4, 0.5) is 5.95 Å². The summed E-state index contributed by atoms with van der Waals surface area (Å²) >= 11 is 6.20. The number of nitrogens with one attached hydrogen (secondary N) is 3. The fraction of sp³-hybridized carbons (Fsp3) is 0.273. The maximum absolute atomic E-state index is 12.2. The van der Waals surface area contributed by atoms with Gasteiger partial charge in [0.2, 0.25) is 11.9 Å². The van der Waals surface area contributed by atoms with Gasteiger partial charge in [0.15, 0.2) is 6.29 Å². The van der Waals surface area contributed by atoms with Crippen LogP contribution in [0, 0.1) is 0 Å². The third kappa shape index (κ3) is 5.10. The van der Waals surface area contributed by atoms with Crippen molar-refractivity contribution >= 4 is 40.3 Å². The second-order valence-corrected chi connectivity index (χ2v) is 7.58. The first-order chi connectivity index (χ1) is 15.0. The average Bonchev–Trinajstić information content (AvgIpc) is 2.74. The van der Waals surface area contributed by atoms with Gasteiger partial charge in [0.1, 0.15) is 0 Å². The minimum Gasteiger partial charge on any atom is -0.466 e. The number of carbonyl (C=O) groups is 2. The lowest BCUT2D eigenvalue weighted by atomic mass is 10.1. The largest absolute Gasteiger partial charge is 0.466 e. The van der Waals surface area contributed by atoms with Crippen molar-refractivity contribution in [3.05, 3.63) is 53.6 Å². The van der Waals surface area contributed by atoms with Gasteiger partial charge in [0, 0.05) is 28.4 Å². The summed E-state index contributed by atoms with van der Waals surface area (Å²) in [6.07, 6.45) is -0.344. The first kappa shape index (κ1) is 21.0. The van der Waals surface area contributed by atoms with Gasteiger partial charge in [-0.15, -0.1) is 0 Å². The zero-order chi connectivity index (χ0) is 21.8. The van der Waals surface area contributed by atoms with Crippen LogP contribution in [0.1, 0.15) is 19.8 Å². The number of aromatic nitrogens is 2. The molecule has 1 aliphatic rings. The Kier molecular flexibility index (Phi) is 6.29. The lowest BCUT2D eigenvalue weighted by molar-refractivity contribution is -0.144. The standard InChI is InChI=1S/C22H22ClN5O3/c1-2-31-19(30)12-15-11-18(29)26-21(24-15)28-22-25-17-9-8-14(23)10-16(17)20(27-22)13-6-4-3-5-7-13/h3-10,15,21,24H,2,11-12H2,1H3,(H,26,29)(H,25,27,28). The van der Waals surface area contributed by atoms with Crippen molar-refractivity contribution in [2.75, 3.05) is 11.9 Å². The van der Waals surface area contributed by atoms with Crippen LogP contribution >= 0.6 is 11.6 Å². The Bertz CT molecular complexity index is 1110. The van der Waals surface area contributed by atoms with E-state index in [0.29, 0.717) is 23.1 Å². The van der Waals surface area contributed by atoms with Crippen LogP contribution in [0.2, 0.25) is 5.02 Å². The fourth-order valence-corrected chi connectivity index (χ4v) is 3.69. The number of ether oxygens (including phenoxy) is 1. The molecule has 3 aromatic rings. The number of nitrogens with zero attached hydrogens (tertiary/aromatic N) is 2. The van der Waals surface area contributed by atoms with Crippen molar-refractivity contribution in [1.29, 1.82) is 0 Å². The monoisotopic (exact) mass is 439 g/mol. The number of anilines is 1. The van der Waals surface area contributed by atoms with Gasteiger partial charge in [-0.05, 0) is 25.1 Å². The smallest absolute Gasteiger partial charge is 0.307 e. The maximum atomic E-state index is 12.2. The SMILES string of the molecule is CCOC(=O)CC1CC(=O)NC(Nc2nc(-c3ccccc3)c3cc(Cl)ccc3n2)N1. The summed E-state index contributed by atoms with van der Waals surface area (Å²) in [7, 11) is 0. The van der Waals surface area contributed by atoms with Crippen LogP contribution < -0.4 is 16.0 Å². The molecule has 9 heteroatoms. The molecule has 4 rings (SSSR count). The Morgan fingerprint density at radius 3 is 2.81 bits per heavy atom. The minimum absolute atomic E-state index is 0.103. The highest BCUT2D eigenvalue weighted by atomic mass is 35.5. The van der Waals surface area contributed by atoms with Gasteiger partial charge in [-0.3, -0.25) is 14.9 Å². The van der Waals surface area contributed by atoms with Crippen molar-refractivity contribution in [3.63, 3.8) is 0 Å². The van der Waals surface area contributed by atoms with E-state index < -0.39 is 6.29 Å². The number of rotatable bonds is 6. The van der Waals surface area contributed by atoms with Gasteiger partial charge in [-0.25, -0.2) is 9.97 Å². The highest BCUT2D eigenvalue weighted by Gasteiger charge is 2.28. The van der Waals surface area contributed by atoms with Crippen LogP contribution in [0.5, 0.6) is 0 Å². The van der Waals surface area contributed by atoms with E-state index in [1.165, 1.54) is 0 Å². The average molecular weight is 440 g/mol. The Morgan fingerprint density at radius 2 is 2.03 bits per heavy atom. The van der Waals surface area contributed by atoms with Gasteiger partial charge in [0.25, 0.3) is 0 Å². The van der Waals surface area contributed by atoms with Crippen LogP contribution in [0.3, 0.4) is 0 Å². The highest BCUT2D eigenvalue weighted by Crippen LogP contribution is 2.29. The quantitative estimate of drug-likeness (QED) is 0.507. The molecule has 3 N–H and O–H groups in total. The number of esters is 1. The molecular formula is C22H22ClN5O3. The van der Waals surface area contributed by atoms with Crippen molar-refractivity contribution in [1.82, 2.24) is 20.6 Å². The molecule has 0 saturated carbocycles. The summed E-state index contributed by atoms with van der Waals surface area (Å²) in [6, 6.07) is 14.8. The molecule has 0 bridgehead atoms. The molecule has 0 radical (unpaired) electrons. The van der Waals surface area contributed by atoms with Crippen LogP contribution in [0.15, 0.2) is 48.5 Å². The molecule has 31 heavy (non-hydrogen) atoms. The van der Waals surface area contributed by atoms with E-state index in [1.54, 1.807) is 13.0 Å². The Balaban J connectivity index is 1.61. The number of benzene rings is 2. The molecule has 2 aromatic carbocycles. The second kappa shape index (κ2) is 9.28. The molecule has 1 aromatic heterocycles. The maximum Gasteiger partial charge on any atom is 0.307 e. The highest BCUT2D eigenvalue weighted by molar-refractivity contribution is 6.31. The first-order valence-corrected chi connectivity index (χ1v) is 10.4. The van der Waals surface area contributed by atoms with E-state index in [0.717, 1.165) is 16.6 Å². The number of carbonyl (C=O) groups excluding carboxylic acids is 2. The molecule has 160 valence electrons. The van der Waals surface area contributed by atoms with Crippen LogP contribution in [0.25, 0.3) is 22.2 Å². The number of amides is 1. The van der Waals surface area contributed by atoms with E-state index in [9.17, 15) is 9.59 Å². The van der Waals surface area contributed by atoms with Gasteiger partial charge in [-0.2, -0.15) is 0 Å². The number of halogens is 1. The summed E-state index contributed by atoms with van der Waals surface area (Å²) in [5, 5.41) is 10.5. The van der Waals surface area contributed by atoms with E-state index >= 15 is 0 Å². The molecule has 8 nitrogen and oxygen atoms in total. The number of fused-ring (bicyclic) bond motifs is 1. The zero-order valence-corrected chi connectivity index (χ0v) is 17.6. The molecule has 0 aliphatic carbocycles. The van der Waals surface area contributed by atoms with E-state index in [4.69, 9.17) is 16.3 Å². The van der Waals surface area contributed by atoms with Crippen LogP contribution in [-0.4, -0.2) is 40.8 Å². The fourth-order valence-electron chi connectivity index (χ4n) is 3.52. The predicted molar refractivity (Wildman–Crippen MR) is 118 cm³/mol. The summed E-state index contributed by atoms with van der Waals surface area (Å²) in [4.78, 5) is 33.2. The zero-order valence-electron chi connectivity index (χ0n) is 16.9. The van der Waals surface area contributed by atoms with Gasteiger partial charge in [-0.1, -0.05) is 41.9 Å². The van der Waals surface area contributed by atoms with E-state index in [1.807, 2.05) is 42.5 Å². The third-order valence-corrected chi connectivity index (χ3v) is 5.07. The topological polar surface area (TPSA) is 105 Å². The molecule has 2 heterocycles. The second-order valence-electron chi connectivity index (χ2n) is 7.15. The van der Waals surface area contributed by atoms with Crippen molar-refractivity contribution in [3.8, 4) is 11.3 Å². The van der Waals surface area contributed by atoms with Crippen molar-refractivity contribution < 1.29 is 14.3 Å². The summed E-state index contributed by atoms with van der Waals surface area (Å²) < 4.78 is 4.99. The molecule has 0 spiro atoms. The molecular weight excluding hydrogens is 418 g/mol. The van der Waals surface area contributed by atoms with E-state index in [-0.39, 0.29) is 30.8 Å². The normalized spacial score (nSPS) is 18.5. The first-order valence-electron chi connectivity index (χ1n) is 10.0. The van der Waals surface area contributed by atoms with Crippen molar-refractivity contribution in [2.45, 2.75) is 32.1 Å². The number of hydrogen-bond donors (Lipinski definition) is 3. The Labute approximate surface area is 184 Å². The van der Waals surface area contributed by atoms with Gasteiger partial charge in [0.05, 0.1) is 24.2 Å². The Hall–Kier alpha value is -3.23. The molecule has 2 atom stereocenters. The Morgan fingerprint density at radius 1 is 1.23 bits per heavy atom. The number of hydrogen-bond acceptors (Lipinski definition) is 7. The summed E-state index contributed by atoms with van der Waals surface area (Å²) in [5.74, 6) is -0.191. The van der Waals surface area contributed by atoms with Gasteiger partial charge >= 0.3 is 5.97 Å². The summed E-state index contributed by atoms with van der Waals surface area (Å²) in [5.41, 5.74) is 2.35. The lowest BCUT2D eigenvalue weighted by Gasteiger charge is -2.31. The van der Waals surface area contributed by atoms with Gasteiger partial charge < -0.3 is 15.4 Å². The molecule has 1 aliphatic heterocycles. The van der Waals surface area contributed by atoms with Crippen LogP contribution in [-0.2, 0) is 14.3 Å². The lowest BCUT2D eigenvalue weighted by Crippen LogP contribution is -2.60. The molecule has 1 amide bonds. The molecule has 1 saturated heterocycles. The predicted octanol–water partition coefficient (Wildman–Crippen LogP) is 3.08. The summed E-state index contributed by atoms with van der Waals surface area (Å²) in [6.45, 7) is 2.05. The molecule has 1 fully saturated rings. The molecule has 2 unspecified atom stereocenters.